The molecule has 0 saturated heterocycles. The van der Waals surface area contributed by atoms with Crippen molar-refractivity contribution in [3.8, 4) is 0 Å². The van der Waals surface area contributed by atoms with E-state index in [2.05, 4.69) is 22.2 Å². The zero-order chi connectivity index (χ0) is 22.8. The van der Waals surface area contributed by atoms with E-state index in [0.29, 0.717) is 18.4 Å². The number of unbranched alkanes of at least 4 members (excludes halogenated alkanes) is 4. The first-order chi connectivity index (χ1) is 15.4. The monoisotopic (exact) mass is 459 g/mol. The molecule has 0 spiro atoms. The Labute approximate surface area is 190 Å². The average molecular weight is 460 g/mol. The van der Waals surface area contributed by atoms with E-state index in [-0.39, 0.29) is 5.75 Å². The number of aromatic nitrogens is 1. The van der Waals surface area contributed by atoms with Crippen LogP contribution in [0.4, 0.5) is 5.82 Å². The first kappa shape index (κ1) is 24.2. The van der Waals surface area contributed by atoms with Gasteiger partial charge >= 0.3 is 5.97 Å². The highest BCUT2D eigenvalue weighted by Gasteiger charge is 2.23. The summed E-state index contributed by atoms with van der Waals surface area (Å²) in [6.45, 7) is 0.989. The molecule has 0 amide bonds. The number of carbonyl (C=O) groups is 1. The summed E-state index contributed by atoms with van der Waals surface area (Å²) in [7, 11) is -3.71. The van der Waals surface area contributed by atoms with Crippen LogP contribution in [0.3, 0.4) is 0 Å². The van der Waals surface area contributed by atoms with Crippen LogP contribution in [0.2, 0.25) is 0 Å². The van der Waals surface area contributed by atoms with E-state index in [1.165, 1.54) is 5.56 Å². The Bertz CT molecular complexity index is 980. The maximum absolute atomic E-state index is 12.3. The van der Waals surface area contributed by atoms with Crippen LogP contribution in [-0.2, 0) is 33.4 Å². The number of sulfonamides is 1. The van der Waals surface area contributed by atoms with Crippen LogP contribution in [0.25, 0.3) is 0 Å². The van der Waals surface area contributed by atoms with Crippen LogP contribution >= 0.6 is 0 Å². The van der Waals surface area contributed by atoms with Crippen molar-refractivity contribution in [1.82, 2.24) is 9.71 Å². The van der Waals surface area contributed by atoms with Crippen molar-refractivity contribution < 1.29 is 18.3 Å². The van der Waals surface area contributed by atoms with Gasteiger partial charge in [0.05, 0.1) is 5.75 Å². The van der Waals surface area contributed by atoms with Crippen molar-refractivity contribution in [2.24, 2.45) is 0 Å². The van der Waals surface area contributed by atoms with Gasteiger partial charge in [-0.3, -0.25) is 4.79 Å². The lowest BCUT2D eigenvalue weighted by atomic mass is 10.0. The number of nitrogens with zero attached hydrogens (tertiary/aromatic N) is 1. The van der Waals surface area contributed by atoms with E-state index >= 15 is 0 Å². The van der Waals surface area contributed by atoms with Gasteiger partial charge in [0, 0.05) is 12.2 Å². The summed E-state index contributed by atoms with van der Waals surface area (Å²) < 4.78 is 27.0. The molecule has 0 bridgehead atoms. The molecule has 3 rings (SSSR count). The van der Waals surface area contributed by atoms with Crippen molar-refractivity contribution in [3.05, 3.63) is 59.3 Å². The fourth-order valence-electron chi connectivity index (χ4n) is 3.98. The van der Waals surface area contributed by atoms with Crippen LogP contribution < -0.4 is 10.0 Å². The predicted octanol–water partition coefficient (Wildman–Crippen LogP) is 3.90. The van der Waals surface area contributed by atoms with Crippen molar-refractivity contribution in [3.63, 3.8) is 0 Å². The molecule has 1 aromatic heterocycles. The van der Waals surface area contributed by atoms with E-state index in [1.807, 2.05) is 6.07 Å². The molecule has 8 heteroatoms. The maximum atomic E-state index is 12.3. The normalized spacial score (nSPS) is 14.4. The highest BCUT2D eigenvalue weighted by molar-refractivity contribution is 7.88. The summed E-state index contributed by atoms with van der Waals surface area (Å²) in [6, 6.07) is 12.0. The van der Waals surface area contributed by atoms with Gasteiger partial charge in [-0.25, -0.2) is 18.1 Å². The Morgan fingerprint density at radius 2 is 1.81 bits per heavy atom. The molecule has 1 aliphatic heterocycles. The third-order valence-corrected chi connectivity index (χ3v) is 7.05. The van der Waals surface area contributed by atoms with Crippen molar-refractivity contribution in [1.29, 1.82) is 0 Å². The minimum Gasteiger partial charge on any atom is -0.480 e. The van der Waals surface area contributed by atoms with Crippen LogP contribution in [0.1, 0.15) is 61.8 Å². The minimum atomic E-state index is -3.71. The summed E-state index contributed by atoms with van der Waals surface area (Å²) in [5.74, 6) is -0.318. The van der Waals surface area contributed by atoms with Gasteiger partial charge in [0.15, 0.2) is 0 Å². The second-order valence-corrected chi connectivity index (χ2v) is 10.2. The van der Waals surface area contributed by atoms with Crippen LogP contribution in [0, 0.1) is 0 Å². The van der Waals surface area contributed by atoms with E-state index in [0.717, 1.165) is 63.0 Å². The molecule has 1 unspecified atom stereocenters. The lowest BCUT2D eigenvalue weighted by Crippen LogP contribution is -2.41. The minimum absolute atomic E-state index is 0.218. The van der Waals surface area contributed by atoms with Gasteiger partial charge in [-0.1, -0.05) is 62.1 Å². The van der Waals surface area contributed by atoms with E-state index < -0.39 is 22.0 Å². The largest absolute Gasteiger partial charge is 0.480 e. The van der Waals surface area contributed by atoms with Gasteiger partial charge in [0.1, 0.15) is 11.9 Å². The standard InChI is InChI=1S/C24H33N3O4S/c28-24(29)22(27-32(30,31)18-19-10-5-4-6-11-19)14-8-3-1-2-7-13-21-16-15-20-12-9-17-25-23(20)26-21/h4-6,10-11,15-16,22,27H,1-3,7-9,12-14,17-18H2,(H,25,26)(H,28,29). The Hall–Kier alpha value is -2.45. The molecule has 7 nitrogen and oxygen atoms in total. The highest BCUT2D eigenvalue weighted by Crippen LogP contribution is 2.20. The zero-order valence-corrected chi connectivity index (χ0v) is 19.2. The Morgan fingerprint density at radius 1 is 1.06 bits per heavy atom. The first-order valence-corrected chi connectivity index (χ1v) is 13.1. The summed E-state index contributed by atoms with van der Waals surface area (Å²) in [4.78, 5) is 16.2. The molecule has 0 saturated carbocycles. The lowest BCUT2D eigenvalue weighted by molar-refractivity contribution is -0.139. The maximum Gasteiger partial charge on any atom is 0.321 e. The molecule has 1 aromatic carbocycles. The molecule has 1 atom stereocenters. The third kappa shape index (κ3) is 7.91. The second-order valence-electron chi connectivity index (χ2n) is 8.40. The Kier molecular flexibility index (Phi) is 9.05. The molecule has 2 aromatic rings. The molecule has 2 heterocycles. The van der Waals surface area contributed by atoms with Crippen molar-refractivity contribution in [2.45, 2.75) is 69.6 Å². The Morgan fingerprint density at radius 3 is 2.59 bits per heavy atom. The number of pyridine rings is 1. The number of hydrogen-bond acceptors (Lipinski definition) is 5. The summed E-state index contributed by atoms with van der Waals surface area (Å²) in [5, 5.41) is 12.8. The van der Waals surface area contributed by atoms with Gasteiger partial charge in [-0.2, -0.15) is 0 Å². The molecule has 3 N–H and O–H groups in total. The molecule has 0 aliphatic carbocycles. The number of anilines is 1. The summed E-state index contributed by atoms with van der Waals surface area (Å²) >= 11 is 0. The molecule has 0 fully saturated rings. The number of aryl methyl sites for hydroxylation is 2. The molecule has 32 heavy (non-hydrogen) atoms. The number of nitrogens with one attached hydrogen (secondary N) is 2. The fourth-order valence-corrected chi connectivity index (χ4v) is 5.34. The van der Waals surface area contributed by atoms with Gasteiger partial charge in [0.25, 0.3) is 0 Å². The second kappa shape index (κ2) is 12.0. The van der Waals surface area contributed by atoms with Gasteiger partial charge in [-0.15, -0.1) is 0 Å². The number of fused-ring (bicyclic) bond motifs is 1. The topological polar surface area (TPSA) is 108 Å². The Balaban J connectivity index is 1.34. The fraction of sp³-hybridized carbons (Fsp3) is 0.500. The quantitative estimate of drug-likeness (QED) is 0.392. The van der Waals surface area contributed by atoms with Crippen molar-refractivity contribution >= 4 is 21.8 Å². The number of aliphatic carboxylic acids is 1. The summed E-state index contributed by atoms with van der Waals surface area (Å²) in [5.41, 5.74) is 3.04. The number of carboxylic acids is 1. The van der Waals surface area contributed by atoms with E-state index in [9.17, 15) is 18.3 Å². The number of benzene rings is 1. The van der Waals surface area contributed by atoms with Gasteiger partial charge < -0.3 is 10.4 Å². The smallest absolute Gasteiger partial charge is 0.321 e. The SMILES string of the molecule is O=C(O)C(CCCCCCCc1ccc2c(n1)NCCC2)NS(=O)(=O)Cc1ccccc1. The van der Waals surface area contributed by atoms with Gasteiger partial charge in [-0.05, 0) is 49.3 Å². The van der Waals surface area contributed by atoms with E-state index in [4.69, 9.17) is 4.98 Å². The number of rotatable bonds is 13. The third-order valence-electron chi connectivity index (χ3n) is 5.70. The van der Waals surface area contributed by atoms with Gasteiger partial charge in [0.2, 0.25) is 10.0 Å². The highest BCUT2D eigenvalue weighted by atomic mass is 32.2. The van der Waals surface area contributed by atoms with Crippen molar-refractivity contribution in [2.75, 3.05) is 11.9 Å². The molecule has 1 aliphatic rings. The van der Waals surface area contributed by atoms with E-state index in [1.54, 1.807) is 24.3 Å². The predicted molar refractivity (Wildman–Crippen MR) is 126 cm³/mol. The molecule has 174 valence electrons. The number of carboxylic acid groups (broad SMARTS) is 1. The van der Waals surface area contributed by atoms with Crippen LogP contribution in [0.5, 0.6) is 0 Å². The molecular weight excluding hydrogens is 426 g/mol. The zero-order valence-electron chi connectivity index (χ0n) is 18.4. The lowest BCUT2D eigenvalue weighted by Gasteiger charge is -2.17. The summed E-state index contributed by atoms with van der Waals surface area (Å²) in [6.07, 6.45) is 8.11. The molecular formula is C24H33N3O4S. The average Bonchev–Trinajstić information content (AvgIpc) is 2.77. The molecule has 0 radical (unpaired) electrons. The first-order valence-electron chi connectivity index (χ1n) is 11.4. The van der Waals surface area contributed by atoms with Crippen LogP contribution in [0.15, 0.2) is 42.5 Å². The number of hydrogen-bond donors (Lipinski definition) is 3. The van der Waals surface area contributed by atoms with Crippen LogP contribution in [-0.4, -0.2) is 37.1 Å².